The van der Waals surface area contributed by atoms with E-state index in [0.717, 1.165) is 72.8 Å². The maximum atomic E-state index is 7.40. The van der Waals surface area contributed by atoms with E-state index in [1.54, 1.807) is 0 Å². The Morgan fingerprint density at radius 3 is 1.31 bits per heavy atom. The Morgan fingerprint density at radius 1 is 0.400 bits per heavy atom. The normalized spacial score (nSPS) is 13.9. The molecule has 1 spiro atoms. The molecule has 0 fully saturated rings. The summed E-state index contributed by atoms with van der Waals surface area (Å²) in [4.78, 5) is 2.44. The van der Waals surface area contributed by atoms with Crippen molar-refractivity contribution in [3.8, 4) is 22.6 Å². The number of hydrogen-bond donors (Lipinski definition) is 0. The van der Waals surface area contributed by atoms with Gasteiger partial charge in [0.25, 0.3) is 0 Å². The lowest BCUT2D eigenvalue weighted by atomic mass is 9.65. The lowest BCUT2D eigenvalue weighted by molar-refractivity contribution is 0.436. The van der Waals surface area contributed by atoms with Gasteiger partial charge < -0.3 is 14.1 Å². The standard InChI is InChI=1S/C72H69NO2/c1-68(2,3)47-29-25-45(26-30-47)64(46-27-31-48(32-28-46)69(4,5)6)56-44-60-66(67-65(56)55-19-13-16-22-61(55)75-67)54-42-41-53(43-59(54)72(60)57-20-14-17-23-62(57)74-63-24-18-15-21-58(63)72)73(51-37-33-49(34-38-51)70(7,8)9)52-39-35-50(36-40-52)71(10,11)12/h13-44,64H,1-12H3. The Hall–Kier alpha value is -7.62. The molecule has 1 aliphatic carbocycles. The summed E-state index contributed by atoms with van der Waals surface area (Å²) in [6.45, 7) is 27.5. The van der Waals surface area contributed by atoms with Gasteiger partial charge in [0.15, 0.2) is 0 Å². The molecular formula is C72H69NO2. The molecule has 12 rings (SSSR count). The summed E-state index contributed by atoms with van der Waals surface area (Å²) in [6, 6.07) is 73.0. The lowest BCUT2D eigenvalue weighted by Crippen LogP contribution is -2.32. The van der Waals surface area contributed by atoms with Crippen LogP contribution in [0.5, 0.6) is 11.5 Å². The molecular weight excluding hydrogens is 911 g/mol. The number of benzene rings is 9. The van der Waals surface area contributed by atoms with Crippen LogP contribution in [-0.2, 0) is 27.1 Å². The minimum atomic E-state index is -0.803. The second kappa shape index (κ2) is 17.2. The van der Waals surface area contributed by atoms with E-state index >= 15 is 0 Å². The largest absolute Gasteiger partial charge is 0.457 e. The fraction of sp³-hybridized carbons (Fsp3) is 0.250. The number of ether oxygens (including phenoxy) is 1. The van der Waals surface area contributed by atoms with Crippen molar-refractivity contribution in [2.75, 3.05) is 4.90 Å². The van der Waals surface area contributed by atoms with E-state index in [-0.39, 0.29) is 27.6 Å². The van der Waals surface area contributed by atoms with E-state index in [0.29, 0.717) is 0 Å². The van der Waals surface area contributed by atoms with E-state index in [1.807, 2.05) is 0 Å². The van der Waals surface area contributed by atoms with Gasteiger partial charge >= 0.3 is 0 Å². The van der Waals surface area contributed by atoms with E-state index in [4.69, 9.17) is 9.15 Å². The van der Waals surface area contributed by atoms with Gasteiger partial charge in [0, 0.05) is 50.4 Å². The van der Waals surface area contributed by atoms with Crippen molar-refractivity contribution in [3.63, 3.8) is 0 Å². The van der Waals surface area contributed by atoms with Gasteiger partial charge in [0.05, 0.1) is 5.41 Å². The summed E-state index contributed by atoms with van der Waals surface area (Å²) in [5.74, 6) is 1.57. The number of fused-ring (bicyclic) bond motifs is 13. The molecule has 75 heavy (non-hydrogen) atoms. The van der Waals surface area contributed by atoms with Crippen molar-refractivity contribution >= 4 is 39.0 Å². The second-order valence-electron chi connectivity index (χ2n) is 25.4. The van der Waals surface area contributed by atoms with Gasteiger partial charge in [-0.1, -0.05) is 223 Å². The third kappa shape index (κ3) is 7.92. The monoisotopic (exact) mass is 980 g/mol. The first kappa shape index (κ1) is 48.3. The molecule has 0 amide bonds. The molecule has 0 saturated heterocycles. The minimum Gasteiger partial charge on any atom is -0.457 e. The van der Waals surface area contributed by atoms with Crippen molar-refractivity contribution in [2.45, 2.75) is 116 Å². The average Bonchev–Trinajstić information content (AvgIpc) is 4.09. The molecule has 2 heterocycles. The molecule has 0 radical (unpaired) electrons. The molecule has 0 N–H and O–H groups in total. The molecule has 3 nitrogen and oxygen atoms in total. The molecule has 374 valence electrons. The van der Waals surface area contributed by atoms with Crippen LogP contribution in [0.3, 0.4) is 0 Å². The highest BCUT2D eigenvalue weighted by Crippen LogP contribution is 2.65. The highest BCUT2D eigenvalue weighted by Gasteiger charge is 2.53. The Morgan fingerprint density at radius 2 is 0.827 bits per heavy atom. The number of rotatable bonds is 6. The van der Waals surface area contributed by atoms with Crippen molar-refractivity contribution in [3.05, 3.63) is 255 Å². The molecule has 9 aromatic carbocycles. The SMILES string of the molecule is CC(C)(C)c1ccc(C(c2ccc(C(C)(C)C)cc2)c2cc3c(c4oc5ccccc5c24)-c2ccc(N(c4ccc(C(C)(C)C)cc4)c4ccc(C(C)(C)C)cc4)cc2C32c3ccccc3Oc3ccccc32)cc1. The number of furan rings is 1. The Labute approximate surface area is 444 Å². The molecule has 2 aliphatic rings. The van der Waals surface area contributed by atoms with Crippen LogP contribution in [0.25, 0.3) is 33.1 Å². The first-order valence-corrected chi connectivity index (χ1v) is 26.9. The summed E-state index contributed by atoms with van der Waals surface area (Å²) >= 11 is 0. The van der Waals surface area contributed by atoms with Gasteiger partial charge in [0.2, 0.25) is 0 Å². The van der Waals surface area contributed by atoms with Crippen molar-refractivity contribution in [2.24, 2.45) is 0 Å². The van der Waals surface area contributed by atoms with Crippen molar-refractivity contribution in [1.82, 2.24) is 0 Å². The Bertz CT molecular complexity index is 3640. The van der Waals surface area contributed by atoms with Crippen LogP contribution in [0.15, 0.2) is 199 Å². The second-order valence-corrected chi connectivity index (χ2v) is 25.4. The van der Waals surface area contributed by atoms with Crippen LogP contribution in [0.4, 0.5) is 17.1 Å². The predicted molar refractivity (Wildman–Crippen MR) is 314 cm³/mol. The summed E-state index contributed by atoms with van der Waals surface area (Å²) < 4.78 is 14.4. The van der Waals surface area contributed by atoms with Gasteiger partial charge in [-0.15, -0.1) is 0 Å². The average molecular weight is 980 g/mol. The van der Waals surface area contributed by atoms with Gasteiger partial charge in [-0.05, 0) is 132 Å². The molecule has 0 bridgehead atoms. The number of hydrogen-bond acceptors (Lipinski definition) is 3. The number of para-hydroxylation sites is 3. The fourth-order valence-corrected chi connectivity index (χ4v) is 12.2. The van der Waals surface area contributed by atoms with Gasteiger partial charge in [-0.2, -0.15) is 0 Å². The van der Waals surface area contributed by atoms with Gasteiger partial charge in [0.1, 0.15) is 22.7 Å². The molecule has 0 saturated carbocycles. The number of nitrogens with zero attached hydrogens (tertiary/aromatic N) is 1. The third-order valence-electron chi connectivity index (χ3n) is 16.3. The zero-order chi connectivity index (χ0) is 52.4. The third-order valence-corrected chi connectivity index (χ3v) is 16.3. The molecule has 0 atom stereocenters. The maximum Gasteiger partial charge on any atom is 0.143 e. The fourth-order valence-electron chi connectivity index (χ4n) is 12.2. The quantitative estimate of drug-likeness (QED) is 0.155. The Balaban J connectivity index is 1.19. The summed E-state index contributed by atoms with van der Waals surface area (Å²) in [5, 5.41) is 2.26. The zero-order valence-electron chi connectivity index (χ0n) is 45.8. The highest BCUT2D eigenvalue weighted by molar-refractivity contribution is 6.15. The Kier molecular flexibility index (Phi) is 11.1. The van der Waals surface area contributed by atoms with Crippen LogP contribution < -0.4 is 9.64 Å². The van der Waals surface area contributed by atoms with Crippen LogP contribution in [0, 0.1) is 0 Å². The van der Waals surface area contributed by atoms with Crippen molar-refractivity contribution in [1.29, 1.82) is 0 Å². The van der Waals surface area contributed by atoms with E-state index < -0.39 is 5.41 Å². The maximum absolute atomic E-state index is 7.40. The summed E-state index contributed by atoms with van der Waals surface area (Å²) in [5.41, 5.74) is 20.1. The molecule has 0 unspecified atom stereocenters. The highest BCUT2D eigenvalue weighted by atomic mass is 16.5. The molecule has 1 aromatic heterocycles. The zero-order valence-corrected chi connectivity index (χ0v) is 45.8. The number of anilines is 3. The van der Waals surface area contributed by atoms with Gasteiger partial charge in [-0.25, -0.2) is 0 Å². The van der Waals surface area contributed by atoms with Crippen molar-refractivity contribution < 1.29 is 9.15 Å². The molecule has 1 aliphatic heterocycles. The predicted octanol–water partition coefficient (Wildman–Crippen LogP) is 19.9. The lowest BCUT2D eigenvalue weighted by Gasteiger charge is -2.40. The van der Waals surface area contributed by atoms with E-state index in [2.05, 4.69) is 282 Å². The minimum absolute atomic E-state index is 0.00611. The van der Waals surface area contributed by atoms with Crippen LogP contribution in [0.1, 0.15) is 150 Å². The van der Waals surface area contributed by atoms with E-state index in [1.165, 1.54) is 50.1 Å². The molecule has 10 aromatic rings. The first-order chi connectivity index (χ1) is 35.7. The summed E-state index contributed by atoms with van der Waals surface area (Å²) in [6.07, 6.45) is 0. The van der Waals surface area contributed by atoms with E-state index in [9.17, 15) is 0 Å². The summed E-state index contributed by atoms with van der Waals surface area (Å²) in [7, 11) is 0. The smallest absolute Gasteiger partial charge is 0.143 e. The molecule has 3 heteroatoms. The topological polar surface area (TPSA) is 25.6 Å². The van der Waals surface area contributed by atoms with Crippen LogP contribution >= 0.6 is 0 Å². The first-order valence-electron chi connectivity index (χ1n) is 26.9. The van der Waals surface area contributed by atoms with Crippen LogP contribution in [0.2, 0.25) is 0 Å². The van der Waals surface area contributed by atoms with Gasteiger partial charge in [-0.3, -0.25) is 0 Å². The van der Waals surface area contributed by atoms with Crippen LogP contribution in [-0.4, -0.2) is 0 Å².